The summed E-state index contributed by atoms with van der Waals surface area (Å²) in [6.45, 7) is 10.9. The van der Waals surface area contributed by atoms with Gasteiger partial charge < -0.3 is 10.2 Å². The number of carbonyl (C=O) groups is 1. The van der Waals surface area contributed by atoms with Gasteiger partial charge in [-0.3, -0.25) is 4.79 Å². The molecule has 3 heteroatoms. The molecule has 0 saturated carbocycles. The quantitative estimate of drug-likeness (QED) is 0.821. The average Bonchev–Trinajstić information content (AvgIpc) is 2.49. The molecule has 1 N–H and O–H groups in total. The van der Waals surface area contributed by atoms with Gasteiger partial charge in [-0.1, -0.05) is 13.3 Å². The van der Waals surface area contributed by atoms with E-state index in [1.807, 2.05) is 4.90 Å². The van der Waals surface area contributed by atoms with Crippen LogP contribution in [0.3, 0.4) is 0 Å². The first-order valence-electron chi connectivity index (χ1n) is 6.95. The molecular formula is C14H28N2O. The lowest BCUT2D eigenvalue weighted by Gasteiger charge is -2.25. The summed E-state index contributed by atoms with van der Waals surface area (Å²) in [7, 11) is 0. The van der Waals surface area contributed by atoms with Crippen molar-refractivity contribution < 1.29 is 4.79 Å². The van der Waals surface area contributed by atoms with Crippen LogP contribution in [0.4, 0.5) is 0 Å². The van der Waals surface area contributed by atoms with Crippen LogP contribution < -0.4 is 5.32 Å². The molecule has 3 nitrogen and oxygen atoms in total. The first kappa shape index (κ1) is 14.5. The van der Waals surface area contributed by atoms with Crippen LogP contribution in [0.15, 0.2) is 0 Å². The maximum absolute atomic E-state index is 12.1. The van der Waals surface area contributed by atoms with E-state index in [2.05, 4.69) is 33.0 Å². The summed E-state index contributed by atoms with van der Waals surface area (Å²) in [5.74, 6) is 1.08. The Labute approximate surface area is 106 Å². The Kier molecular flexibility index (Phi) is 5.44. The monoisotopic (exact) mass is 240 g/mol. The van der Waals surface area contributed by atoms with Crippen molar-refractivity contribution in [2.45, 2.75) is 58.9 Å². The van der Waals surface area contributed by atoms with Gasteiger partial charge in [0.1, 0.15) is 0 Å². The summed E-state index contributed by atoms with van der Waals surface area (Å²) in [6, 6.07) is 0. The molecule has 0 spiro atoms. The summed E-state index contributed by atoms with van der Waals surface area (Å²) in [4.78, 5) is 14.1. The molecule has 1 heterocycles. The van der Waals surface area contributed by atoms with E-state index in [9.17, 15) is 4.79 Å². The van der Waals surface area contributed by atoms with E-state index in [1.165, 1.54) is 25.7 Å². The number of nitrogens with zero attached hydrogens (tertiary/aromatic N) is 1. The predicted octanol–water partition coefficient (Wildman–Crippen LogP) is 2.41. The Bertz CT molecular complexity index is 245. The van der Waals surface area contributed by atoms with E-state index in [0.29, 0.717) is 6.54 Å². The third-order valence-corrected chi connectivity index (χ3v) is 3.55. The van der Waals surface area contributed by atoms with E-state index in [4.69, 9.17) is 0 Å². The van der Waals surface area contributed by atoms with Crippen LogP contribution in [0.2, 0.25) is 0 Å². The van der Waals surface area contributed by atoms with E-state index in [-0.39, 0.29) is 11.4 Å². The zero-order chi connectivity index (χ0) is 12.9. The number of carbonyl (C=O) groups excluding carboxylic acids is 1. The smallest absolute Gasteiger partial charge is 0.236 e. The van der Waals surface area contributed by atoms with E-state index in [1.54, 1.807) is 0 Å². The van der Waals surface area contributed by atoms with Gasteiger partial charge in [0.25, 0.3) is 0 Å². The molecule has 0 aromatic heterocycles. The SMILES string of the molecule is CCC1CCCN(C(=O)CNC(C)(C)C)CC1. The number of amides is 1. The van der Waals surface area contributed by atoms with Crippen molar-refractivity contribution in [1.29, 1.82) is 0 Å². The first-order chi connectivity index (χ1) is 7.92. The Balaban J connectivity index is 2.36. The molecule has 17 heavy (non-hydrogen) atoms. The second kappa shape index (κ2) is 6.39. The summed E-state index contributed by atoms with van der Waals surface area (Å²) in [6.07, 6.45) is 4.88. The van der Waals surface area contributed by atoms with Crippen LogP contribution in [0, 0.1) is 5.92 Å². The molecule has 0 aliphatic carbocycles. The van der Waals surface area contributed by atoms with Crippen LogP contribution in [0.1, 0.15) is 53.4 Å². The average molecular weight is 240 g/mol. The third kappa shape index (κ3) is 5.53. The van der Waals surface area contributed by atoms with Crippen LogP contribution in [-0.2, 0) is 4.79 Å². The van der Waals surface area contributed by atoms with Crippen molar-refractivity contribution in [1.82, 2.24) is 10.2 Å². The van der Waals surface area contributed by atoms with Gasteiger partial charge in [0, 0.05) is 18.6 Å². The Morgan fingerprint density at radius 1 is 1.29 bits per heavy atom. The molecule has 0 bridgehead atoms. The minimum Gasteiger partial charge on any atom is -0.342 e. The molecule has 100 valence electrons. The molecule has 1 rings (SSSR count). The zero-order valence-corrected chi connectivity index (χ0v) is 11.9. The second-order valence-electron chi connectivity index (χ2n) is 6.19. The lowest BCUT2D eigenvalue weighted by atomic mass is 9.98. The maximum atomic E-state index is 12.1. The van der Waals surface area contributed by atoms with Gasteiger partial charge in [-0.25, -0.2) is 0 Å². The highest BCUT2D eigenvalue weighted by atomic mass is 16.2. The number of hydrogen-bond donors (Lipinski definition) is 1. The Hall–Kier alpha value is -0.570. The highest BCUT2D eigenvalue weighted by Crippen LogP contribution is 2.20. The Morgan fingerprint density at radius 2 is 2.00 bits per heavy atom. The molecule has 1 fully saturated rings. The van der Waals surface area contributed by atoms with Crippen molar-refractivity contribution in [3.8, 4) is 0 Å². The summed E-state index contributed by atoms with van der Waals surface area (Å²) < 4.78 is 0. The summed E-state index contributed by atoms with van der Waals surface area (Å²) in [5.41, 5.74) is 0.0213. The molecule has 1 atom stereocenters. The third-order valence-electron chi connectivity index (χ3n) is 3.55. The normalized spacial score (nSPS) is 22.4. The van der Waals surface area contributed by atoms with Gasteiger partial charge in [-0.05, 0) is 46.0 Å². The maximum Gasteiger partial charge on any atom is 0.236 e. The van der Waals surface area contributed by atoms with Gasteiger partial charge in [0.15, 0.2) is 0 Å². The molecule has 1 aliphatic rings. The van der Waals surface area contributed by atoms with Crippen LogP contribution >= 0.6 is 0 Å². The van der Waals surface area contributed by atoms with Crippen molar-refractivity contribution in [2.75, 3.05) is 19.6 Å². The van der Waals surface area contributed by atoms with Crippen molar-refractivity contribution in [2.24, 2.45) is 5.92 Å². The minimum absolute atomic E-state index is 0.0213. The van der Waals surface area contributed by atoms with Crippen LogP contribution in [0.25, 0.3) is 0 Å². The fraction of sp³-hybridized carbons (Fsp3) is 0.929. The lowest BCUT2D eigenvalue weighted by molar-refractivity contribution is -0.130. The van der Waals surface area contributed by atoms with Crippen molar-refractivity contribution in [3.63, 3.8) is 0 Å². The molecule has 0 aromatic rings. The highest BCUT2D eigenvalue weighted by molar-refractivity contribution is 5.78. The van der Waals surface area contributed by atoms with Gasteiger partial charge in [-0.15, -0.1) is 0 Å². The lowest BCUT2D eigenvalue weighted by Crippen LogP contribution is -2.45. The highest BCUT2D eigenvalue weighted by Gasteiger charge is 2.20. The van der Waals surface area contributed by atoms with E-state index >= 15 is 0 Å². The van der Waals surface area contributed by atoms with Crippen molar-refractivity contribution >= 4 is 5.91 Å². The topological polar surface area (TPSA) is 32.3 Å². The fourth-order valence-electron chi connectivity index (χ4n) is 2.28. The predicted molar refractivity (Wildman–Crippen MR) is 72.0 cm³/mol. The standard InChI is InChI=1S/C14H28N2O/c1-5-12-7-6-9-16(10-8-12)13(17)11-15-14(2,3)4/h12,15H,5-11H2,1-4H3. The summed E-state index contributed by atoms with van der Waals surface area (Å²) >= 11 is 0. The van der Waals surface area contributed by atoms with Gasteiger partial charge >= 0.3 is 0 Å². The number of hydrogen-bond acceptors (Lipinski definition) is 2. The van der Waals surface area contributed by atoms with Gasteiger partial charge in [0.2, 0.25) is 5.91 Å². The first-order valence-corrected chi connectivity index (χ1v) is 6.95. The largest absolute Gasteiger partial charge is 0.342 e. The second-order valence-corrected chi connectivity index (χ2v) is 6.19. The zero-order valence-electron chi connectivity index (χ0n) is 11.9. The molecule has 0 radical (unpaired) electrons. The summed E-state index contributed by atoms with van der Waals surface area (Å²) in [5, 5.41) is 3.27. The molecule has 0 aromatic carbocycles. The number of likely N-dealkylation sites (tertiary alicyclic amines) is 1. The van der Waals surface area contributed by atoms with E-state index < -0.39 is 0 Å². The van der Waals surface area contributed by atoms with Crippen LogP contribution in [0.5, 0.6) is 0 Å². The van der Waals surface area contributed by atoms with E-state index in [0.717, 1.165) is 19.0 Å². The number of rotatable bonds is 3. The molecule has 1 amide bonds. The van der Waals surface area contributed by atoms with Crippen LogP contribution in [-0.4, -0.2) is 36.0 Å². The molecular weight excluding hydrogens is 212 g/mol. The van der Waals surface area contributed by atoms with Crippen molar-refractivity contribution in [3.05, 3.63) is 0 Å². The molecule has 1 unspecified atom stereocenters. The Morgan fingerprint density at radius 3 is 2.59 bits per heavy atom. The molecule has 1 aliphatic heterocycles. The number of nitrogens with one attached hydrogen (secondary N) is 1. The molecule has 1 saturated heterocycles. The minimum atomic E-state index is 0.0213. The van der Waals surface area contributed by atoms with Gasteiger partial charge in [0.05, 0.1) is 6.54 Å². The van der Waals surface area contributed by atoms with Gasteiger partial charge in [-0.2, -0.15) is 0 Å². The fourth-order valence-corrected chi connectivity index (χ4v) is 2.28.